The molecule has 1 atom stereocenters. The lowest BCUT2D eigenvalue weighted by atomic mass is 10.2. The zero-order valence-electron chi connectivity index (χ0n) is 8.54. The monoisotopic (exact) mass is 206 g/mol. The Bertz CT molecular complexity index is 368. The van der Waals surface area contributed by atoms with Crippen LogP contribution in [0, 0.1) is 18.1 Å². The van der Waals surface area contributed by atoms with Crippen LogP contribution >= 0.6 is 0 Å². The molecule has 0 aliphatic heterocycles. The fraction of sp³-hybridized carbons (Fsp3) is 0.333. The van der Waals surface area contributed by atoms with Gasteiger partial charge in [-0.15, -0.1) is 0 Å². The van der Waals surface area contributed by atoms with Crippen LogP contribution in [0.1, 0.15) is 25.3 Å². The van der Waals surface area contributed by atoms with Crippen LogP contribution in [0.2, 0.25) is 0 Å². The molecular formula is C12H14OS. The maximum atomic E-state index is 11.6. The predicted molar refractivity (Wildman–Crippen MR) is 60.3 cm³/mol. The number of benzene rings is 1. The highest BCUT2D eigenvalue weighted by Crippen LogP contribution is 2.07. The predicted octanol–water partition coefficient (Wildman–Crippen LogP) is 2.86. The van der Waals surface area contributed by atoms with Crippen molar-refractivity contribution in [3.8, 4) is 11.2 Å². The van der Waals surface area contributed by atoms with Crippen LogP contribution < -0.4 is 0 Å². The smallest absolute Gasteiger partial charge is 0.130 e. The first-order valence-corrected chi connectivity index (χ1v) is 5.86. The Kier molecular flexibility index (Phi) is 4.42. The van der Waals surface area contributed by atoms with Gasteiger partial charge in [0.2, 0.25) is 0 Å². The van der Waals surface area contributed by atoms with Gasteiger partial charge in [-0.25, -0.2) is 4.21 Å². The molecule has 0 spiro atoms. The van der Waals surface area contributed by atoms with E-state index in [1.165, 1.54) is 5.56 Å². The standard InChI is InChI=1S/C12H14OS/c1-3-4-5-10-14(13)12-8-6-11(2)7-9-12/h6-9H,3-4H2,1-2H3/t14-/m1/s1. The SMILES string of the molecule is CCCC#C[S@@](=O)c1ccc(C)cc1. The summed E-state index contributed by atoms with van der Waals surface area (Å²) in [7, 11) is -1.15. The van der Waals surface area contributed by atoms with E-state index in [-0.39, 0.29) is 0 Å². The van der Waals surface area contributed by atoms with Crippen molar-refractivity contribution in [1.82, 2.24) is 0 Å². The number of unbranched alkanes of at least 4 members (excludes halogenated alkanes) is 1. The Balaban J connectivity index is 2.72. The Labute approximate surface area is 88.0 Å². The fourth-order valence-electron chi connectivity index (χ4n) is 0.962. The molecule has 0 fully saturated rings. The zero-order chi connectivity index (χ0) is 10.4. The lowest BCUT2D eigenvalue weighted by molar-refractivity contribution is 0.689. The van der Waals surface area contributed by atoms with Gasteiger partial charge in [-0.3, -0.25) is 0 Å². The zero-order valence-corrected chi connectivity index (χ0v) is 9.36. The van der Waals surface area contributed by atoms with E-state index in [4.69, 9.17) is 0 Å². The van der Waals surface area contributed by atoms with Crippen LogP contribution in [-0.2, 0) is 10.8 Å². The summed E-state index contributed by atoms with van der Waals surface area (Å²) in [6, 6.07) is 7.64. The largest absolute Gasteiger partial charge is 0.240 e. The normalized spacial score (nSPS) is 11.6. The molecule has 1 aromatic rings. The molecule has 2 heteroatoms. The van der Waals surface area contributed by atoms with Crippen molar-refractivity contribution in [3.05, 3.63) is 29.8 Å². The van der Waals surface area contributed by atoms with E-state index < -0.39 is 10.8 Å². The van der Waals surface area contributed by atoms with Gasteiger partial charge >= 0.3 is 0 Å². The van der Waals surface area contributed by atoms with Crippen molar-refractivity contribution in [2.45, 2.75) is 31.6 Å². The molecule has 0 saturated carbocycles. The van der Waals surface area contributed by atoms with Gasteiger partial charge in [-0.2, -0.15) is 0 Å². The Hall–Kier alpha value is -1.07. The van der Waals surface area contributed by atoms with Crippen LogP contribution in [-0.4, -0.2) is 4.21 Å². The summed E-state index contributed by atoms with van der Waals surface area (Å²) in [4.78, 5) is 0.791. The molecule has 0 N–H and O–H groups in total. The first-order chi connectivity index (χ1) is 6.74. The molecule has 0 bridgehead atoms. The summed E-state index contributed by atoms with van der Waals surface area (Å²) in [6.45, 7) is 4.07. The average molecular weight is 206 g/mol. The van der Waals surface area contributed by atoms with Crippen LogP contribution in [0.3, 0.4) is 0 Å². The summed E-state index contributed by atoms with van der Waals surface area (Å²) in [5.74, 6) is 2.90. The summed E-state index contributed by atoms with van der Waals surface area (Å²) < 4.78 is 11.6. The molecule has 0 amide bonds. The number of rotatable bonds is 2. The summed E-state index contributed by atoms with van der Waals surface area (Å²) >= 11 is 0. The van der Waals surface area contributed by atoms with Gasteiger partial charge < -0.3 is 0 Å². The van der Waals surface area contributed by atoms with E-state index in [2.05, 4.69) is 18.1 Å². The number of aryl methyl sites for hydroxylation is 1. The number of hydrogen-bond donors (Lipinski definition) is 0. The summed E-state index contributed by atoms with van der Waals surface area (Å²) in [6.07, 6.45) is 1.83. The Morgan fingerprint density at radius 1 is 1.29 bits per heavy atom. The van der Waals surface area contributed by atoms with Crippen LogP contribution in [0.4, 0.5) is 0 Å². The van der Waals surface area contributed by atoms with E-state index in [0.29, 0.717) is 0 Å². The van der Waals surface area contributed by atoms with E-state index >= 15 is 0 Å². The quantitative estimate of drug-likeness (QED) is 0.680. The molecule has 0 radical (unpaired) electrons. The number of hydrogen-bond acceptors (Lipinski definition) is 1. The van der Waals surface area contributed by atoms with Crippen LogP contribution in [0.5, 0.6) is 0 Å². The van der Waals surface area contributed by atoms with Crippen LogP contribution in [0.15, 0.2) is 29.2 Å². The van der Waals surface area contributed by atoms with E-state index in [1.54, 1.807) is 0 Å². The summed E-state index contributed by atoms with van der Waals surface area (Å²) in [5.41, 5.74) is 1.17. The molecule has 0 unspecified atom stereocenters. The highest BCUT2D eigenvalue weighted by molar-refractivity contribution is 7.89. The third-order valence-electron chi connectivity index (χ3n) is 1.77. The van der Waals surface area contributed by atoms with Gasteiger partial charge in [0.25, 0.3) is 0 Å². The maximum absolute atomic E-state index is 11.6. The van der Waals surface area contributed by atoms with Crippen molar-refractivity contribution in [2.75, 3.05) is 0 Å². The molecule has 0 aliphatic carbocycles. The minimum Gasteiger partial charge on any atom is -0.240 e. The Morgan fingerprint density at radius 3 is 2.50 bits per heavy atom. The van der Waals surface area contributed by atoms with Crippen molar-refractivity contribution in [2.24, 2.45) is 0 Å². The molecule has 0 saturated heterocycles. The molecule has 14 heavy (non-hydrogen) atoms. The van der Waals surface area contributed by atoms with Crippen molar-refractivity contribution in [1.29, 1.82) is 0 Å². The third-order valence-corrected chi connectivity index (χ3v) is 2.80. The molecule has 0 heterocycles. The third kappa shape index (κ3) is 3.35. The van der Waals surface area contributed by atoms with Gasteiger partial charge in [0.15, 0.2) is 0 Å². The lowest BCUT2D eigenvalue weighted by Crippen LogP contribution is -1.86. The minimum absolute atomic E-state index is 0.791. The fourth-order valence-corrected chi connectivity index (χ4v) is 1.70. The lowest BCUT2D eigenvalue weighted by Gasteiger charge is -1.94. The average Bonchev–Trinajstić information content (AvgIpc) is 2.19. The van der Waals surface area contributed by atoms with Crippen molar-refractivity contribution >= 4 is 10.8 Å². The van der Waals surface area contributed by atoms with Gasteiger partial charge in [0.1, 0.15) is 10.8 Å². The Morgan fingerprint density at radius 2 is 1.93 bits per heavy atom. The topological polar surface area (TPSA) is 17.1 Å². The second-order valence-corrected chi connectivity index (χ2v) is 4.32. The highest BCUT2D eigenvalue weighted by Gasteiger charge is 1.97. The van der Waals surface area contributed by atoms with Crippen LogP contribution in [0.25, 0.3) is 0 Å². The maximum Gasteiger partial charge on any atom is 0.130 e. The molecule has 1 rings (SSSR count). The minimum atomic E-state index is -1.15. The van der Waals surface area contributed by atoms with Crippen molar-refractivity contribution in [3.63, 3.8) is 0 Å². The van der Waals surface area contributed by atoms with Gasteiger partial charge in [0, 0.05) is 11.7 Å². The van der Waals surface area contributed by atoms with Crippen molar-refractivity contribution < 1.29 is 4.21 Å². The molecule has 0 aliphatic rings. The molecule has 1 aromatic carbocycles. The van der Waals surface area contributed by atoms with E-state index in [1.807, 2.05) is 31.2 Å². The molecule has 0 aromatic heterocycles. The first kappa shape index (κ1) is 11.0. The second-order valence-electron chi connectivity index (χ2n) is 3.11. The molecule has 1 nitrogen and oxygen atoms in total. The molecular weight excluding hydrogens is 192 g/mol. The molecule has 74 valence electrons. The van der Waals surface area contributed by atoms with E-state index in [0.717, 1.165) is 17.7 Å². The van der Waals surface area contributed by atoms with Gasteiger partial charge in [-0.1, -0.05) is 30.5 Å². The first-order valence-electron chi connectivity index (χ1n) is 4.71. The summed E-state index contributed by atoms with van der Waals surface area (Å²) in [5, 5.41) is 2.74. The second kappa shape index (κ2) is 5.62. The van der Waals surface area contributed by atoms with Gasteiger partial charge in [-0.05, 0) is 25.5 Å². The van der Waals surface area contributed by atoms with Gasteiger partial charge in [0.05, 0.1) is 4.90 Å². The highest BCUT2D eigenvalue weighted by atomic mass is 32.2. The van der Waals surface area contributed by atoms with E-state index in [9.17, 15) is 4.21 Å².